The van der Waals surface area contributed by atoms with Gasteiger partial charge in [0.1, 0.15) is 17.3 Å². The predicted molar refractivity (Wildman–Crippen MR) is 77.4 cm³/mol. The summed E-state index contributed by atoms with van der Waals surface area (Å²) in [6, 6.07) is 9.08. The molecule has 2 aromatic rings. The molecule has 1 aliphatic rings. The Kier molecular flexibility index (Phi) is 3.13. The smallest absolute Gasteiger partial charge is 0.352 e. The van der Waals surface area contributed by atoms with E-state index in [4.69, 9.17) is 4.74 Å². The molecule has 6 nitrogen and oxygen atoms in total. The number of aryl methyl sites for hydroxylation is 1. The Morgan fingerprint density at radius 2 is 2.10 bits per heavy atom. The second kappa shape index (κ2) is 4.97. The SMILES string of the molecule is COc1ccc(C2C=C(C(=O)O)Nc3cc(C)nn32)cc1. The minimum atomic E-state index is -0.987. The third-order valence-electron chi connectivity index (χ3n) is 3.40. The number of hydrogen-bond acceptors (Lipinski definition) is 4. The number of carbonyl (C=O) groups is 1. The molecule has 21 heavy (non-hydrogen) atoms. The Morgan fingerprint density at radius 3 is 2.71 bits per heavy atom. The molecule has 1 aliphatic heterocycles. The summed E-state index contributed by atoms with van der Waals surface area (Å²) in [7, 11) is 1.61. The van der Waals surface area contributed by atoms with E-state index in [1.807, 2.05) is 37.3 Å². The summed E-state index contributed by atoms with van der Waals surface area (Å²) in [5, 5.41) is 16.5. The van der Waals surface area contributed by atoms with E-state index in [0.29, 0.717) is 5.82 Å². The Hall–Kier alpha value is -2.76. The standard InChI is InChI=1S/C15H15N3O3/c1-9-7-14-16-12(15(19)20)8-13(18(14)17-9)10-3-5-11(21-2)6-4-10/h3-8,13,16H,1-2H3,(H,19,20). The molecular weight excluding hydrogens is 270 g/mol. The molecule has 1 aromatic heterocycles. The molecular formula is C15H15N3O3. The summed E-state index contributed by atoms with van der Waals surface area (Å²) in [5.74, 6) is 0.443. The molecule has 0 spiro atoms. The molecule has 0 saturated heterocycles. The largest absolute Gasteiger partial charge is 0.497 e. The lowest BCUT2D eigenvalue weighted by atomic mass is 10.0. The van der Waals surface area contributed by atoms with Crippen molar-refractivity contribution in [2.24, 2.45) is 0 Å². The van der Waals surface area contributed by atoms with Crippen molar-refractivity contribution in [2.45, 2.75) is 13.0 Å². The highest BCUT2D eigenvalue weighted by atomic mass is 16.5. The zero-order valence-corrected chi connectivity index (χ0v) is 11.7. The number of carboxylic acids is 1. The number of ether oxygens (including phenoxy) is 1. The average molecular weight is 285 g/mol. The van der Waals surface area contributed by atoms with Crippen LogP contribution in [0, 0.1) is 6.92 Å². The van der Waals surface area contributed by atoms with E-state index < -0.39 is 5.97 Å². The Balaban J connectivity index is 2.07. The second-order valence-electron chi connectivity index (χ2n) is 4.84. The third kappa shape index (κ3) is 2.35. The van der Waals surface area contributed by atoms with Gasteiger partial charge in [0.15, 0.2) is 0 Å². The van der Waals surface area contributed by atoms with E-state index in [1.54, 1.807) is 17.9 Å². The number of anilines is 1. The number of nitrogens with one attached hydrogen (secondary N) is 1. The van der Waals surface area contributed by atoms with Crippen LogP contribution in [-0.2, 0) is 4.79 Å². The molecule has 0 aliphatic carbocycles. The van der Waals surface area contributed by atoms with E-state index in [1.165, 1.54) is 0 Å². The molecule has 3 rings (SSSR count). The first-order valence-electron chi connectivity index (χ1n) is 6.50. The first-order valence-corrected chi connectivity index (χ1v) is 6.50. The summed E-state index contributed by atoms with van der Waals surface area (Å²) in [6.07, 6.45) is 1.66. The van der Waals surface area contributed by atoms with E-state index in [0.717, 1.165) is 17.0 Å². The number of rotatable bonds is 3. The van der Waals surface area contributed by atoms with E-state index in [2.05, 4.69) is 10.4 Å². The number of hydrogen-bond donors (Lipinski definition) is 2. The Labute approximate surface area is 121 Å². The molecule has 2 heterocycles. The Bertz CT molecular complexity index is 716. The van der Waals surface area contributed by atoms with Crippen molar-refractivity contribution in [1.29, 1.82) is 0 Å². The highest BCUT2D eigenvalue weighted by Gasteiger charge is 2.25. The number of benzene rings is 1. The van der Waals surface area contributed by atoms with Gasteiger partial charge in [-0.05, 0) is 30.7 Å². The van der Waals surface area contributed by atoms with Crippen molar-refractivity contribution in [3.05, 3.63) is 53.4 Å². The molecule has 2 N–H and O–H groups in total. The van der Waals surface area contributed by atoms with Crippen molar-refractivity contribution in [3.63, 3.8) is 0 Å². The number of fused-ring (bicyclic) bond motifs is 1. The van der Waals surface area contributed by atoms with Crippen LogP contribution in [0.1, 0.15) is 17.3 Å². The molecule has 0 amide bonds. The molecule has 1 aromatic carbocycles. The minimum Gasteiger partial charge on any atom is -0.497 e. The lowest BCUT2D eigenvalue weighted by Crippen LogP contribution is -2.23. The summed E-state index contributed by atoms with van der Waals surface area (Å²) in [6.45, 7) is 1.87. The normalized spacial score (nSPS) is 16.7. The van der Waals surface area contributed by atoms with E-state index >= 15 is 0 Å². The van der Waals surface area contributed by atoms with Gasteiger partial charge in [0, 0.05) is 6.07 Å². The van der Waals surface area contributed by atoms with Crippen LogP contribution in [0.4, 0.5) is 5.82 Å². The number of nitrogens with zero attached hydrogens (tertiary/aromatic N) is 2. The third-order valence-corrected chi connectivity index (χ3v) is 3.40. The fourth-order valence-corrected chi connectivity index (χ4v) is 2.39. The van der Waals surface area contributed by atoms with Gasteiger partial charge in [-0.2, -0.15) is 5.10 Å². The van der Waals surface area contributed by atoms with Gasteiger partial charge in [0.2, 0.25) is 0 Å². The Morgan fingerprint density at radius 1 is 1.38 bits per heavy atom. The summed E-state index contributed by atoms with van der Waals surface area (Å²) < 4.78 is 6.93. The first kappa shape index (κ1) is 13.2. The van der Waals surface area contributed by atoms with Gasteiger partial charge in [0.25, 0.3) is 0 Å². The van der Waals surface area contributed by atoms with Gasteiger partial charge in [-0.3, -0.25) is 0 Å². The monoisotopic (exact) mass is 285 g/mol. The molecule has 1 unspecified atom stereocenters. The fraction of sp³-hybridized carbons (Fsp3) is 0.200. The average Bonchev–Trinajstić information content (AvgIpc) is 2.86. The van der Waals surface area contributed by atoms with Gasteiger partial charge in [-0.15, -0.1) is 0 Å². The molecule has 6 heteroatoms. The van der Waals surface area contributed by atoms with Crippen molar-refractivity contribution < 1.29 is 14.6 Å². The van der Waals surface area contributed by atoms with Crippen LogP contribution in [0.3, 0.4) is 0 Å². The van der Waals surface area contributed by atoms with E-state index in [9.17, 15) is 9.90 Å². The lowest BCUT2D eigenvalue weighted by molar-refractivity contribution is -0.132. The molecule has 0 radical (unpaired) electrons. The van der Waals surface area contributed by atoms with Gasteiger partial charge >= 0.3 is 5.97 Å². The van der Waals surface area contributed by atoms with Crippen molar-refractivity contribution in [2.75, 3.05) is 12.4 Å². The van der Waals surface area contributed by atoms with Gasteiger partial charge in [-0.25, -0.2) is 9.48 Å². The van der Waals surface area contributed by atoms with Crippen molar-refractivity contribution in [1.82, 2.24) is 9.78 Å². The number of allylic oxidation sites excluding steroid dienone is 1. The number of aliphatic carboxylic acids is 1. The minimum absolute atomic E-state index is 0.156. The summed E-state index contributed by atoms with van der Waals surface area (Å²) >= 11 is 0. The number of carboxylic acid groups (broad SMARTS) is 1. The zero-order chi connectivity index (χ0) is 15.0. The van der Waals surface area contributed by atoms with Crippen LogP contribution >= 0.6 is 0 Å². The quantitative estimate of drug-likeness (QED) is 0.904. The second-order valence-corrected chi connectivity index (χ2v) is 4.84. The zero-order valence-electron chi connectivity index (χ0n) is 11.7. The molecule has 0 saturated carbocycles. The summed E-state index contributed by atoms with van der Waals surface area (Å²) in [5.41, 5.74) is 1.93. The highest BCUT2D eigenvalue weighted by molar-refractivity contribution is 5.90. The maximum Gasteiger partial charge on any atom is 0.352 e. The maximum absolute atomic E-state index is 11.3. The highest BCUT2D eigenvalue weighted by Crippen LogP contribution is 2.31. The van der Waals surface area contributed by atoms with Crippen LogP contribution in [0.5, 0.6) is 5.75 Å². The van der Waals surface area contributed by atoms with Gasteiger partial charge in [0.05, 0.1) is 18.8 Å². The number of methoxy groups -OCH3 is 1. The number of aromatic nitrogens is 2. The predicted octanol–water partition coefficient (Wildman–Crippen LogP) is 2.18. The summed E-state index contributed by atoms with van der Waals surface area (Å²) in [4.78, 5) is 11.3. The van der Waals surface area contributed by atoms with Crippen molar-refractivity contribution in [3.8, 4) is 5.75 Å². The maximum atomic E-state index is 11.3. The van der Waals surface area contributed by atoms with Crippen LogP contribution in [-0.4, -0.2) is 28.0 Å². The van der Waals surface area contributed by atoms with Gasteiger partial charge in [-0.1, -0.05) is 12.1 Å². The first-order chi connectivity index (χ1) is 10.1. The van der Waals surface area contributed by atoms with Gasteiger partial charge < -0.3 is 15.2 Å². The van der Waals surface area contributed by atoms with Crippen LogP contribution in [0.15, 0.2) is 42.1 Å². The topological polar surface area (TPSA) is 76.4 Å². The molecule has 1 atom stereocenters. The van der Waals surface area contributed by atoms with Crippen LogP contribution in [0.25, 0.3) is 0 Å². The van der Waals surface area contributed by atoms with Crippen LogP contribution < -0.4 is 10.1 Å². The fourth-order valence-electron chi connectivity index (χ4n) is 2.39. The van der Waals surface area contributed by atoms with Crippen LogP contribution in [0.2, 0.25) is 0 Å². The van der Waals surface area contributed by atoms with Crippen molar-refractivity contribution >= 4 is 11.8 Å². The molecule has 0 fully saturated rings. The molecule has 108 valence electrons. The molecule has 0 bridgehead atoms. The van der Waals surface area contributed by atoms with E-state index in [-0.39, 0.29) is 11.7 Å². The lowest BCUT2D eigenvalue weighted by Gasteiger charge is -2.23.